The minimum Gasteiger partial charge on any atom is -0.444 e. The zero-order valence-corrected chi connectivity index (χ0v) is 30.9. The number of carbonyl (C=O) groups is 4. The van der Waals surface area contributed by atoms with Gasteiger partial charge in [0.2, 0.25) is 17.7 Å². The van der Waals surface area contributed by atoms with Crippen molar-refractivity contribution in [2.75, 3.05) is 6.61 Å². The van der Waals surface area contributed by atoms with Crippen LogP contribution in [0.15, 0.2) is 55.0 Å². The van der Waals surface area contributed by atoms with Gasteiger partial charge in [-0.15, -0.1) is 0 Å². The minimum absolute atomic E-state index is 0.0308. The first kappa shape index (κ1) is 40.9. The zero-order valence-electron chi connectivity index (χ0n) is 30.9. The summed E-state index contributed by atoms with van der Waals surface area (Å²) in [4.78, 5) is 60.9. The number of H-pyrrole nitrogens is 1. The van der Waals surface area contributed by atoms with E-state index in [1.807, 2.05) is 70.2 Å². The largest absolute Gasteiger partial charge is 0.444 e. The van der Waals surface area contributed by atoms with Crippen LogP contribution in [-0.4, -0.2) is 86.5 Å². The predicted octanol–water partition coefficient (Wildman–Crippen LogP) is 3.53. The van der Waals surface area contributed by atoms with Gasteiger partial charge in [0.05, 0.1) is 37.5 Å². The monoisotopic (exact) mass is 708 g/mol. The van der Waals surface area contributed by atoms with E-state index in [0.29, 0.717) is 12.1 Å². The lowest BCUT2D eigenvalue weighted by Gasteiger charge is -2.29. The van der Waals surface area contributed by atoms with E-state index < -0.39 is 59.7 Å². The highest BCUT2D eigenvalue weighted by atomic mass is 16.6. The Hall–Kier alpha value is -4.49. The lowest BCUT2D eigenvalue weighted by atomic mass is 9.95. The number of aliphatic hydroxyl groups is 2. The number of nitrogens with one attached hydrogen (secondary N) is 5. The van der Waals surface area contributed by atoms with Crippen molar-refractivity contribution >= 4 is 34.6 Å². The molecule has 0 bridgehead atoms. The summed E-state index contributed by atoms with van der Waals surface area (Å²) < 4.78 is 5.48. The Morgan fingerprint density at radius 1 is 0.882 bits per heavy atom. The molecule has 0 fully saturated rings. The van der Waals surface area contributed by atoms with Gasteiger partial charge in [-0.2, -0.15) is 0 Å². The fraction of sp³-hybridized carbons (Fsp3) is 0.553. The smallest absolute Gasteiger partial charge is 0.408 e. The second-order valence-corrected chi connectivity index (χ2v) is 14.6. The molecule has 0 saturated heterocycles. The van der Waals surface area contributed by atoms with Crippen LogP contribution in [0.5, 0.6) is 0 Å². The van der Waals surface area contributed by atoms with Gasteiger partial charge >= 0.3 is 6.09 Å². The van der Waals surface area contributed by atoms with Gasteiger partial charge in [-0.05, 0) is 55.4 Å². The molecule has 13 nitrogen and oxygen atoms in total. The maximum atomic E-state index is 14.1. The summed E-state index contributed by atoms with van der Waals surface area (Å²) in [5.74, 6) is -1.58. The van der Waals surface area contributed by atoms with Crippen molar-refractivity contribution in [2.24, 2.45) is 11.8 Å². The van der Waals surface area contributed by atoms with Crippen molar-refractivity contribution in [3.05, 3.63) is 66.2 Å². The number of amides is 4. The Labute approximate surface area is 300 Å². The third kappa shape index (κ3) is 13.3. The SMILES string of the molecule is CCC(C)[C@@H](CO)NC(=O)CC(O)C(CC(C)C)NC(=O)[C@H](Cc1cnc[nH]1)NC(=O)[C@H](Cc1cccc2ccccc12)NC(=O)OC(C)(C)C. The maximum Gasteiger partial charge on any atom is 0.408 e. The fourth-order valence-electron chi connectivity index (χ4n) is 5.80. The van der Waals surface area contributed by atoms with Crippen LogP contribution in [0.1, 0.15) is 79.0 Å². The molecule has 51 heavy (non-hydrogen) atoms. The topological polar surface area (TPSA) is 195 Å². The molecule has 4 amide bonds. The molecule has 0 saturated carbocycles. The highest BCUT2D eigenvalue weighted by molar-refractivity contribution is 5.93. The van der Waals surface area contributed by atoms with Crippen molar-refractivity contribution in [3.8, 4) is 0 Å². The lowest BCUT2D eigenvalue weighted by Crippen LogP contribution is -2.58. The van der Waals surface area contributed by atoms with Gasteiger partial charge < -0.3 is 41.2 Å². The van der Waals surface area contributed by atoms with Crippen molar-refractivity contribution in [2.45, 2.75) is 116 Å². The van der Waals surface area contributed by atoms with Crippen LogP contribution >= 0.6 is 0 Å². The first-order valence-electron chi connectivity index (χ1n) is 17.7. The molecular formula is C38H56N6O7. The Balaban J connectivity index is 1.86. The van der Waals surface area contributed by atoms with E-state index in [4.69, 9.17) is 4.74 Å². The second kappa shape index (κ2) is 19.2. The van der Waals surface area contributed by atoms with Gasteiger partial charge in [-0.3, -0.25) is 14.4 Å². The number of aromatic amines is 1. The van der Waals surface area contributed by atoms with Gasteiger partial charge in [-0.25, -0.2) is 9.78 Å². The number of benzene rings is 2. The van der Waals surface area contributed by atoms with Crippen LogP contribution in [0, 0.1) is 11.8 Å². The summed E-state index contributed by atoms with van der Waals surface area (Å²) in [6, 6.07) is 9.89. The number of hydrogen-bond donors (Lipinski definition) is 7. The average molecular weight is 709 g/mol. The van der Waals surface area contributed by atoms with Gasteiger partial charge in [0, 0.05) is 24.7 Å². The summed E-state index contributed by atoms with van der Waals surface area (Å²) in [5, 5.41) is 34.0. The molecule has 3 rings (SSSR count). The van der Waals surface area contributed by atoms with E-state index in [-0.39, 0.29) is 37.7 Å². The predicted molar refractivity (Wildman–Crippen MR) is 196 cm³/mol. The fourth-order valence-corrected chi connectivity index (χ4v) is 5.80. The summed E-state index contributed by atoms with van der Waals surface area (Å²) >= 11 is 0. The number of imidazole rings is 1. The van der Waals surface area contributed by atoms with Crippen LogP contribution in [0.4, 0.5) is 4.79 Å². The number of alkyl carbamates (subject to hydrolysis) is 1. The van der Waals surface area contributed by atoms with E-state index in [0.717, 1.165) is 22.8 Å². The summed E-state index contributed by atoms with van der Waals surface area (Å²) in [5.41, 5.74) is 0.569. The van der Waals surface area contributed by atoms with Gasteiger partial charge in [0.1, 0.15) is 17.7 Å². The summed E-state index contributed by atoms with van der Waals surface area (Å²) in [6.07, 6.45) is 1.92. The van der Waals surface area contributed by atoms with E-state index in [1.165, 1.54) is 6.33 Å². The first-order valence-corrected chi connectivity index (χ1v) is 17.7. The minimum atomic E-state index is -1.25. The molecule has 7 N–H and O–H groups in total. The van der Waals surface area contributed by atoms with E-state index in [1.54, 1.807) is 27.0 Å². The van der Waals surface area contributed by atoms with Crippen molar-refractivity contribution < 1.29 is 34.1 Å². The van der Waals surface area contributed by atoms with Crippen LogP contribution in [0.2, 0.25) is 0 Å². The van der Waals surface area contributed by atoms with Gasteiger partial charge in [-0.1, -0.05) is 76.6 Å². The van der Waals surface area contributed by atoms with E-state index in [2.05, 4.69) is 31.2 Å². The number of hydrogen-bond acceptors (Lipinski definition) is 8. The standard InChI is InChI=1S/C38H56N6O7/c1-8-24(4)32(21-45)41-34(47)19-33(46)29(16-23(2)3)42-36(49)31(18-27-20-39-22-40-27)43-35(48)30(44-37(50)51-38(5,6)7)17-26-14-11-13-25-12-9-10-15-28(25)26/h9-15,20,22-24,29-33,45-46H,8,16-19,21H2,1-7H3,(H,39,40)(H,41,47)(H,42,49)(H,43,48)(H,44,50)/t24?,29?,30-,31-,32+,33?/m0/s1. The summed E-state index contributed by atoms with van der Waals surface area (Å²) in [7, 11) is 0. The normalized spacial score (nSPS) is 15.3. The van der Waals surface area contributed by atoms with Crippen molar-refractivity contribution in [3.63, 3.8) is 0 Å². The van der Waals surface area contributed by atoms with Crippen molar-refractivity contribution in [1.29, 1.82) is 0 Å². The van der Waals surface area contributed by atoms with Gasteiger partial charge in [0.25, 0.3) is 0 Å². The molecule has 280 valence electrons. The van der Waals surface area contributed by atoms with E-state index in [9.17, 15) is 29.4 Å². The quantitative estimate of drug-likeness (QED) is 0.104. The molecule has 0 aliphatic carbocycles. The molecule has 0 radical (unpaired) electrons. The lowest BCUT2D eigenvalue weighted by molar-refractivity contribution is -0.131. The van der Waals surface area contributed by atoms with E-state index >= 15 is 0 Å². The van der Waals surface area contributed by atoms with Crippen LogP contribution in [0.3, 0.4) is 0 Å². The molecule has 0 aliphatic heterocycles. The van der Waals surface area contributed by atoms with Crippen LogP contribution in [0.25, 0.3) is 10.8 Å². The number of rotatable bonds is 18. The molecule has 3 aromatic rings. The molecule has 0 spiro atoms. The highest BCUT2D eigenvalue weighted by Gasteiger charge is 2.33. The molecule has 3 unspecified atom stereocenters. The third-order valence-corrected chi connectivity index (χ3v) is 8.71. The van der Waals surface area contributed by atoms with Crippen LogP contribution in [-0.2, 0) is 32.0 Å². The third-order valence-electron chi connectivity index (χ3n) is 8.71. The van der Waals surface area contributed by atoms with Crippen molar-refractivity contribution in [1.82, 2.24) is 31.2 Å². The number of fused-ring (bicyclic) bond motifs is 1. The highest BCUT2D eigenvalue weighted by Crippen LogP contribution is 2.21. The Bertz CT molecular complexity index is 1570. The molecule has 1 heterocycles. The molecule has 2 aromatic carbocycles. The number of ether oxygens (including phenoxy) is 1. The molecule has 6 atom stereocenters. The molecule has 1 aromatic heterocycles. The Morgan fingerprint density at radius 3 is 2.18 bits per heavy atom. The molecule has 0 aliphatic rings. The number of nitrogens with zero attached hydrogens (tertiary/aromatic N) is 1. The Morgan fingerprint density at radius 2 is 1.55 bits per heavy atom. The van der Waals surface area contributed by atoms with Gasteiger partial charge in [0.15, 0.2) is 0 Å². The first-order chi connectivity index (χ1) is 24.1. The number of aromatic nitrogens is 2. The zero-order chi connectivity index (χ0) is 37.7. The second-order valence-electron chi connectivity index (χ2n) is 14.6. The molecule has 13 heteroatoms. The summed E-state index contributed by atoms with van der Waals surface area (Å²) in [6.45, 7) is 12.7. The van der Waals surface area contributed by atoms with Crippen LogP contribution < -0.4 is 21.3 Å². The molecular weight excluding hydrogens is 652 g/mol. The average Bonchev–Trinajstić information content (AvgIpc) is 3.58. The Kier molecular flexibility index (Phi) is 15.4. The maximum absolute atomic E-state index is 14.1. The number of carbonyl (C=O) groups excluding carboxylic acids is 4. The number of aliphatic hydroxyl groups excluding tert-OH is 2.